The Morgan fingerprint density at radius 3 is 2.58 bits per heavy atom. The maximum atomic E-state index is 13.1. The lowest BCUT2D eigenvalue weighted by Crippen LogP contribution is -2.35. The van der Waals surface area contributed by atoms with Crippen molar-refractivity contribution < 1.29 is 33.4 Å². The summed E-state index contributed by atoms with van der Waals surface area (Å²) in [4.78, 5) is 35.7. The van der Waals surface area contributed by atoms with Crippen LogP contribution in [0, 0.1) is 9.39 Å². The summed E-state index contributed by atoms with van der Waals surface area (Å²) in [7, 11) is 0. The number of amides is 3. The number of aliphatic carboxylic acids is 1. The number of urea groups is 1. The molecule has 0 unspecified atom stereocenters. The highest BCUT2D eigenvalue weighted by molar-refractivity contribution is 14.1. The van der Waals surface area contributed by atoms with Crippen molar-refractivity contribution in [3.63, 3.8) is 0 Å². The average Bonchev–Trinajstić information content (AvgIpc) is 2.96. The third-order valence-electron chi connectivity index (χ3n) is 4.19. The predicted molar refractivity (Wildman–Crippen MR) is 117 cm³/mol. The van der Waals surface area contributed by atoms with E-state index in [4.69, 9.17) is 14.6 Å². The number of ether oxygens (including phenoxy) is 2. The van der Waals surface area contributed by atoms with Crippen LogP contribution in [-0.2, 0) is 16.2 Å². The Kier molecular flexibility index (Phi) is 7.10. The van der Waals surface area contributed by atoms with Gasteiger partial charge in [-0.1, -0.05) is 12.1 Å². The maximum absolute atomic E-state index is 13.1. The summed E-state index contributed by atoms with van der Waals surface area (Å²) in [5, 5.41) is 11.2. The largest absolute Gasteiger partial charge is 0.490 e. The second-order valence-electron chi connectivity index (χ2n) is 6.45. The fourth-order valence-corrected chi connectivity index (χ4v) is 3.61. The van der Waals surface area contributed by atoms with Gasteiger partial charge in [0.25, 0.3) is 5.91 Å². The van der Waals surface area contributed by atoms with Crippen molar-refractivity contribution in [1.82, 2.24) is 10.2 Å². The van der Waals surface area contributed by atoms with E-state index < -0.39 is 24.5 Å². The lowest BCUT2D eigenvalue weighted by molar-refractivity contribution is -0.140. The van der Waals surface area contributed by atoms with Crippen LogP contribution < -0.4 is 14.8 Å². The van der Waals surface area contributed by atoms with E-state index in [2.05, 4.69) is 27.9 Å². The van der Waals surface area contributed by atoms with Gasteiger partial charge < -0.3 is 19.9 Å². The van der Waals surface area contributed by atoms with Gasteiger partial charge in [-0.2, -0.15) is 0 Å². The third-order valence-corrected chi connectivity index (χ3v) is 5.00. The minimum atomic E-state index is -1.29. The summed E-state index contributed by atoms with van der Waals surface area (Å²) in [5.74, 6) is -1.43. The third kappa shape index (κ3) is 5.51. The summed E-state index contributed by atoms with van der Waals surface area (Å²) in [5.41, 5.74) is 1.30. The van der Waals surface area contributed by atoms with Gasteiger partial charge in [-0.15, -0.1) is 0 Å². The number of carboxylic acid groups (broad SMARTS) is 1. The normalized spacial score (nSPS) is 14.7. The number of imide groups is 1. The van der Waals surface area contributed by atoms with E-state index >= 15 is 0 Å². The molecule has 2 aromatic rings. The van der Waals surface area contributed by atoms with Gasteiger partial charge >= 0.3 is 12.0 Å². The molecule has 0 saturated carbocycles. The molecule has 3 rings (SSSR count). The number of carbonyl (C=O) groups excluding carboxylic acids is 2. The number of rotatable bonds is 8. The Balaban J connectivity index is 1.85. The van der Waals surface area contributed by atoms with Gasteiger partial charge in [0.2, 0.25) is 0 Å². The minimum absolute atomic E-state index is 0.0375. The van der Waals surface area contributed by atoms with E-state index in [-0.39, 0.29) is 18.1 Å². The van der Waals surface area contributed by atoms with Gasteiger partial charge in [0.1, 0.15) is 24.7 Å². The summed E-state index contributed by atoms with van der Waals surface area (Å²) in [6, 6.07) is 8.54. The Morgan fingerprint density at radius 1 is 1.23 bits per heavy atom. The summed E-state index contributed by atoms with van der Waals surface area (Å²) < 4.78 is 25.3. The van der Waals surface area contributed by atoms with Crippen molar-refractivity contribution in [1.29, 1.82) is 0 Å². The molecule has 3 amide bonds. The summed E-state index contributed by atoms with van der Waals surface area (Å²) >= 11 is 2.06. The first-order valence-corrected chi connectivity index (χ1v) is 10.3. The minimum Gasteiger partial charge on any atom is -0.490 e. The van der Waals surface area contributed by atoms with Crippen molar-refractivity contribution in [3.05, 3.63) is 62.6 Å². The standard InChI is InChI=1S/C21H18FIN2O6/c1-2-30-17-9-13(8-16-20(28)25(10-18(26)27)21(29)24-16)7-15(23)19(17)31-11-12-3-5-14(22)6-4-12/h3-9H,2,10-11H2,1H3,(H,24,29)(H,26,27)/b16-8+. The molecule has 0 radical (unpaired) electrons. The molecule has 0 spiro atoms. The second kappa shape index (κ2) is 9.77. The average molecular weight is 540 g/mol. The molecular weight excluding hydrogens is 522 g/mol. The number of hydrogen-bond donors (Lipinski definition) is 2. The molecule has 8 nitrogen and oxygen atoms in total. The Bertz CT molecular complexity index is 1050. The number of benzene rings is 2. The molecule has 162 valence electrons. The number of hydrogen-bond acceptors (Lipinski definition) is 5. The van der Waals surface area contributed by atoms with Crippen molar-refractivity contribution >= 4 is 46.6 Å². The topological polar surface area (TPSA) is 105 Å². The SMILES string of the molecule is CCOc1cc(/C=C2/NC(=O)N(CC(=O)O)C2=O)cc(I)c1OCc1ccc(F)cc1. The van der Waals surface area contributed by atoms with Crippen LogP contribution in [0.25, 0.3) is 6.08 Å². The van der Waals surface area contributed by atoms with Gasteiger partial charge in [0.05, 0.1) is 10.2 Å². The van der Waals surface area contributed by atoms with Crippen molar-refractivity contribution in [2.45, 2.75) is 13.5 Å². The Morgan fingerprint density at radius 2 is 1.94 bits per heavy atom. The van der Waals surface area contributed by atoms with Gasteiger partial charge in [-0.05, 0) is 71.0 Å². The Hall–Kier alpha value is -3.15. The smallest absolute Gasteiger partial charge is 0.329 e. The van der Waals surface area contributed by atoms with Crippen LogP contribution in [0.15, 0.2) is 42.1 Å². The highest BCUT2D eigenvalue weighted by Crippen LogP contribution is 2.35. The molecular formula is C21H18FIN2O6. The molecule has 1 saturated heterocycles. The monoisotopic (exact) mass is 540 g/mol. The fourth-order valence-electron chi connectivity index (χ4n) is 2.83. The summed E-state index contributed by atoms with van der Waals surface area (Å²) in [6.45, 7) is 1.66. The van der Waals surface area contributed by atoms with E-state index in [1.807, 2.05) is 6.92 Å². The van der Waals surface area contributed by atoms with E-state index in [1.54, 1.807) is 24.3 Å². The molecule has 1 fully saturated rings. The lowest BCUT2D eigenvalue weighted by atomic mass is 10.1. The zero-order valence-corrected chi connectivity index (χ0v) is 18.5. The van der Waals surface area contributed by atoms with E-state index in [0.29, 0.717) is 32.1 Å². The number of carboxylic acids is 1. The first-order valence-electron chi connectivity index (χ1n) is 9.18. The van der Waals surface area contributed by atoms with Gasteiger partial charge in [-0.25, -0.2) is 14.1 Å². The molecule has 2 N–H and O–H groups in total. The molecule has 10 heteroatoms. The van der Waals surface area contributed by atoms with E-state index in [0.717, 1.165) is 5.56 Å². The van der Waals surface area contributed by atoms with Crippen LogP contribution in [0.4, 0.5) is 9.18 Å². The van der Waals surface area contributed by atoms with Crippen molar-refractivity contribution in [3.8, 4) is 11.5 Å². The highest BCUT2D eigenvalue weighted by atomic mass is 127. The molecule has 0 bridgehead atoms. The number of nitrogens with zero attached hydrogens (tertiary/aromatic N) is 1. The molecule has 1 heterocycles. The van der Waals surface area contributed by atoms with Gasteiger partial charge in [0.15, 0.2) is 11.5 Å². The highest BCUT2D eigenvalue weighted by Gasteiger charge is 2.34. The van der Waals surface area contributed by atoms with Gasteiger partial charge in [0, 0.05) is 0 Å². The molecule has 31 heavy (non-hydrogen) atoms. The molecule has 0 aromatic heterocycles. The zero-order chi connectivity index (χ0) is 22.5. The zero-order valence-electron chi connectivity index (χ0n) is 16.4. The Labute approximate surface area is 190 Å². The summed E-state index contributed by atoms with van der Waals surface area (Å²) in [6.07, 6.45) is 1.44. The van der Waals surface area contributed by atoms with Crippen LogP contribution in [0.1, 0.15) is 18.1 Å². The maximum Gasteiger partial charge on any atom is 0.329 e. The number of carbonyl (C=O) groups is 3. The van der Waals surface area contributed by atoms with Gasteiger partial charge in [-0.3, -0.25) is 9.59 Å². The molecule has 1 aliphatic rings. The lowest BCUT2D eigenvalue weighted by Gasteiger charge is -2.15. The molecule has 0 aliphatic carbocycles. The van der Waals surface area contributed by atoms with Crippen LogP contribution in [-0.4, -0.2) is 41.1 Å². The van der Waals surface area contributed by atoms with Crippen molar-refractivity contribution in [2.75, 3.05) is 13.2 Å². The number of halogens is 2. The van der Waals surface area contributed by atoms with Crippen LogP contribution in [0.5, 0.6) is 11.5 Å². The first kappa shape index (κ1) is 22.5. The van der Waals surface area contributed by atoms with Crippen LogP contribution >= 0.6 is 22.6 Å². The predicted octanol–water partition coefficient (Wildman–Crippen LogP) is 3.39. The van der Waals surface area contributed by atoms with Crippen molar-refractivity contribution in [2.24, 2.45) is 0 Å². The molecule has 1 aliphatic heterocycles. The quantitative estimate of drug-likeness (QED) is 0.302. The van der Waals surface area contributed by atoms with Crippen LogP contribution in [0.3, 0.4) is 0 Å². The van der Waals surface area contributed by atoms with E-state index in [9.17, 15) is 18.8 Å². The van der Waals surface area contributed by atoms with Crippen LogP contribution in [0.2, 0.25) is 0 Å². The van der Waals surface area contributed by atoms with E-state index in [1.165, 1.54) is 18.2 Å². The molecule has 2 aromatic carbocycles. The first-order chi connectivity index (χ1) is 14.8. The fraction of sp³-hybridized carbons (Fsp3) is 0.190. The number of nitrogens with one attached hydrogen (secondary N) is 1. The second-order valence-corrected chi connectivity index (χ2v) is 7.61. The molecule has 0 atom stereocenters.